The van der Waals surface area contributed by atoms with E-state index in [1.807, 2.05) is 22.7 Å². The highest BCUT2D eigenvalue weighted by Crippen LogP contribution is 2.46. The molecular weight excluding hydrogens is 765 g/mol. The Hall–Kier alpha value is -7.24. The first-order chi connectivity index (χ1) is 29.7. The summed E-state index contributed by atoms with van der Waals surface area (Å²) >= 11 is 3.75. The molecule has 4 heteroatoms. The SMILES string of the molecule is c1ccc2cc(N(c3ccc(-c4cc(-n5c6ccccc6c6cc7ccccc7cc65)cc5c4sc4ccccc45)cc3)c3ccc4c(c3)sc3ccccc34)ccc2c1. The first kappa shape index (κ1) is 33.7. The van der Waals surface area contributed by atoms with Gasteiger partial charge in [0, 0.05) is 79.4 Å². The van der Waals surface area contributed by atoms with E-state index >= 15 is 0 Å². The smallest absolute Gasteiger partial charge is 0.0547 e. The van der Waals surface area contributed by atoms with Crippen molar-refractivity contribution in [3.8, 4) is 16.8 Å². The van der Waals surface area contributed by atoms with Gasteiger partial charge in [-0.1, -0.05) is 127 Å². The van der Waals surface area contributed by atoms with Gasteiger partial charge in [-0.3, -0.25) is 0 Å². The Bertz CT molecular complexity index is 3850. The molecule has 0 N–H and O–H groups in total. The van der Waals surface area contributed by atoms with Crippen LogP contribution < -0.4 is 4.90 Å². The van der Waals surface area contributed by atoms with Gasteiger partial charge in [0.15, 0.2) is 0 Å². The van der Waals surface area contributed by atoms with Gasteiger partial charge < -0.3 is 9.47 Å². The third-order valence-electron chi connectivity index (χ3n) is 12.3. The fraction of sp³-hybridized carbons (Fsp3) is 0. The molecule has 3 aromatic heterocycles. The predicted molar refractivity (Wildman–Crippen MR) is 262 cm³/mol. The Morgan fingerprint density at radius 2 is 0.917 bits per heavy atom. The van der Waals surface area contributed by atoms with Crippen LogP contribution in [-0.2, 0) is 0 Å². The van der Waals surface area contributed by atoms with Crippen LogP contribution in [0.1, 0.15) is 0 Å². The van der Waals surface area contributed by atoms with Gasteiger partial charge in [0.1, 0.15) is 0 Å². The Morgan fingerprint density at radius 3 is 1.72 bits per heavy atom. The van der Waals surface area contributed by atoms with Gasteiger partial charge in [-0.05, 0) is 106 Å². The lowest BCUT2D eigenvalue weighted by Gasteiger charge is -2.26. The maximum absolute atomic E-state index is 2.48. The standard InChI is InChI=1S/C56H34N2S2/c1-2-12-37-29-41(26-21-35(37)11-1)57(42-27-28-47-45-16-6-9-19-53(45)59-55(47)34-42)40-24-22-36(23-25-40)48-32-43(33-50-46-17-7-10-20-54(46)60-56(48)50)58-51-18-8-5-15-44(51)49-30-38-13-3-4-14-39(38)31-52(49)58/h1-34H. The van der Waals surface area contributed by atoms with Crippen LogP contribution in [0.25, 0.3) is 101 Å². The second kappa shape index (κ2) is 13.1. The van der Waals surface area contributed by atoms with Crippen LogP contribution in [0.5, 0.6) is 0 Å². The molecule has 0 unspecified atom stereocenters. The summed E-state index contributed by atoms with van der Waals surface area (Å²) in [6.45, 7) is 0. The first-order valence-corrected chi connectivity index (χ1v) is 22.0. The average Bonchev–Trinajstić information content (AvgIpc) is 3.97. The summed E-state index contributed by atoms with van der Waals surface area (Å²) in [6, 6.07) is 76.4. The van der Waals surface area contributed by atoms with E-state index in [4.69, 9.17) is 0 Å². The highest BCUT2D eigenvalue weighted by atomic mass is 32.1. The fourth-order valence-corrected chi connectivity index (χ4v) is 11.9. The number of para-hydroxylation sites is 1. The van der Waals surface area contributed by atoms with Crippen LogP contribution in [-0.4, -0.2) is 4.57 Å². The maximum atomic E-state index is 2.48. The minimum atomic E-state index is 1.12. The third kappa shape index (κ3) is 5.18. The Morgan fingerprint density at radius 1 is 0.333 bits per heavy atom. The quantitative estimate of drug-likeness (QED) is 0.168. The minimum Gasteiger partial charge on any atom is -0.310 e. The molecule has 0 fully saturated rings. The molecular formula is C56H34N2S2. The average molecular weight is 799 g/mol. The van der Waals surface area contributed by atoms with E-state index in [0.717, 1.165) is 17.1 Å². The number of hydrogen-bond donors (Lipinski definition) is 0. The highest BCUT2D eigenvalue weighted by Gasteiger charge is 2.20. The second-order valence-corrected chi connectivity index (χ2v) is 17.9. The molecule has 0 saturated carbocycles. The molecule has 0 saturated heterocycles. The molecule has 0 amide bonds. The van der Waals surface area contributed by atoms with Crippen LogP contribution in [0.3, 0.4) is 0 Å². The highest BCUT2D eigenvalue weighted by molar-refractivity contribution is 7.26. The topological polar surface area (TPSA) is 8.17 Å². The fourth-order valence-electron chi connectivity index (χ4n) is 9.50. The van der Waals surface area contributed by atoms with E-state index in [-0.39, 0.29) is 0 Å². The summed E-state index contributed by atoms with van der Waals surface area (Å²) in [5.41, 5.74) is 9.43. The number of anilines is 3. The van der Waals surface area contributed by atoms with E-state index in [9.17, 15) is 0 Å². The summed E-state index contributed by atoms with van der Waals surface area (Å²) in [5, 5.41) is 12.7. The van der Waals surface area contributed by atoms with E-state index in [1.54, 1.807) is 0 Å². The molecule has 0 bridgehead atoms. The van der Waals surface area contributed by atoms with Gasteiger partial charge in [0.05, 0.1) is 11.0 Å². The molecule has 10 aromatic carbocycles. The molecule has 0 aliphatic heterocycles. The van der Waals surface area contributed by atoms with Gasteiger partial charge in [0.25, 0.3) is 0 Å². The molecule has 0 radical (unpaired) electrons. The van der Waals surface area contributed by atoms with Gasteiger partial charge in [-0.15, -0.1) is 22.7 Å². The lowest BCUT2D eigenvalue weighted by molar-refractivity contribution is 1.19. The van der Waals surface area contributed by atoms with Gasteiger partial charge in [-0.2, -0.15) is 0 Å². The maximum Gasteiger partial charge on any atom is 0.0547 e. The molecule has 2 nitrogen and oxygen atoms in total. The Kier molecular flexibility index (Phi) is 7.38. The first-order valence-electron chi connectivity index (χ1n) is 20.4. The summed E-state index contributed by atoms with van der Waals surface area (Å²) in [7, 11) is 0. The molecule has 13 aromatic rings. The van der Waals surface area contributed by atoms with Crippen LogP contribution in [0.2, 0.25) is 0 Å². The van der Waals surface area contributed by atoms with Crippen molar-refractivity contribution in [2.24, 2.45) is 0 Å². The molecule has 3 heterocycles. The zero-order valence-corrected chi connectivity index (χ0v) is 34.0. The van der Waals surface area contributed by atoms with Crippen molar-refractivity contribution in [1.82, 2.24) is 4.57 Å². The molecule has 0 spiro atoms. The van der Waals surface area contributed by atoms with Gasteiger partial charge >= 0.3 is 0 Å². The van der Waals surface area contributed by atoms with Crippen LogP contribution >= 0.6 is 22.7 Å². The summed E-state index contributed by atoms with van der Waals surface area (Å²) in [4.78, 5) is 2.41. The molecule has 13 rings (SSSR count). The number of benzene rings is 10. The summed E-state index contributed by atoms with van der Waals surface area (Å²) in [6.07, 6.45) is 0. The van der Waals surface area contributed by atoms with Crippen molar-refractivity contribution in [2.45, 2.75) is 0 Å². The number of rotatable bonds is 5. The monoisotopic (exact) mass is 798 g/mol. The summed E-state index contributed by atoms with van der Waals surface area (Å²) < 4.78 is 7.69. The number of thiophene rings is 2. The number of fused-ring (bicyclic) bond motifs is 11. The predicted octanol–water partition coefficient (Wildman–Crippen LogP) is 17.0. The third-order valence-corrected chi connectivity index (χ3v) is 14.7. The number of aromatic nitrogens is 1. The zero-order chi connectivity index (χ0) is 39.3. The van der Waals surface area contributed by atoms with Crippen molar-refractivity contribution in [1.29, 1.82) is 0 Å². The van der Waals surface area contributed by atoms with E-state index in [1.165, 1.54) is 101 Å². The number of nitrogens with zero attached hydrogens (tertiary/aromatic N) is 2. The molecule has 0 aliphatic carbocycles. The lowest BCUT2D eigenvalue weighted by Crippen LogP contribution is -2.09. The largest absolute Gasteiger partial charge is 0.310 e. The van der Waals surface area contributed by atoms with Crippen LogP contribution in [0.15, 0.2) is 206 Å². The molecule has 280 valence electrons. The Balaban J connectivity index is 1.01. The van der Waals surface area contributed by atoms with E-state index in [0.29, 0.717) is 0 Å². The van der Waals surface area contributed by atoms with Crippen LogP contribution in [0, 0.1) is 0 Å². The van der Waals surface area contributed by atoms with Crippen molar-refractivity contribution in [3.05, 3.63) is 206 Å². The minimum absolute atomic E-state index is 1.12. The van der Waals surface area contributed by atoms with E-state index in [2.05, 4.69) is 216 Å². The summed E-state index contributed by atoms with van der Waals surface area (Å²) in [5.74, 6) is 0. The van der Waals surface area contributed by atoms with Crippen molar-refractivity contribution in [2.75, 3.05) is 4.90 Å². The van der Waals surface area contributed by atoms with E-state index < -0.39 is 0 Å². The van der Waals surface area contributed by atoms with Crippen LogP contribution in [0.4, 0.5) is 17.1 Å². The molecule has 0 aliphatic rings. The van der Waals surface area contributed by atoms with Gasteiger partial charge in [-0.25, -0.2) is 0 Å². The number of hydrogen-bond acceptors (Lipinski definition) is 3. The van der Waals surface area contributed by atoms with Crippen molar-refractivity contribution in [3.63, 3.8) is 0 Å². The van der Waals surface area contributed by atoms with Gasteiger partial charge in [0.2, 0.25) is 0 Å². The van der Waals surface area contributed by atoms with Crippen molar-refractivity contribution >= 4 is 123 Å². The second-order valence-electron chi connectivity index (χ2n) is 15.7. The lowest BCUT2D eigenvalue weighted by atomic mass is 10.0. The zero-order valence-electron chi connectivity index (χ0n) is 32.3. The molecule has 0 atom stereocenters. The normalized spacial score (nSPS) is 12.0. The Labute approximate surface area is 354 Å². The van der Waals surface area contributed by atoms with Crippen molar-refractivity contribution < 1.29 is 0 Å². The molecule has 60 heavy (non-hydrogen) atoms.